The van der Waals surface area contributed by atoms with Crippen LogP contribution < -0.4 is 0 Å². The lowest BCUT2D eigenvalue weighted by Crippen LogP contribution is -2.10. The van der Waals surface area contributed by atoms with Gasteiger partial charge in [0.2, 0.25) is 0 Å². The zero-order valence-corrected chi connectivity index (χ0v) is 4.15. The summed E-state index contributed by atoms with van der Waals surface area (Å²) in [5.74, 6) is 0.299. The Balaban J connectivity index is 2.34. The average Bonchev–Trinajstić information content (AvgIpc) is 1.58. The van der Waals surface area contributed by atoms with Crippen molar-refractivity contribution in [1.82, 2.24) is 0 Å². The smallest absolute Gasteiger partial charge is 0.0662 e. The SMILES string of the molecule is C=C1CC(C#N)C1. The minimum absolute atomic E-state index is 0.299. The number of allylic oxidation sites excluding steroid dienone is 1. The largest absolute Gasteiger partial charge is 0.198 e. The highest BCUT2D eigenvalue weighted by molar-refractivity contribution is 5.13. The van der Waals surface area contributed by atoms with Crippen LogP contribution in [0.2, 0.25) is 0 Å². The fourth-order valence-corrected chi connectivity index (χ4v) is 0.728. The first kappa shape index (κ1) is 4.39. The van der Waals surface area contributed by atoms with Crippen LogP contribution in [0.3, 0.4) is 0 Å². The van der Waals surface area contributed by atoms with Crippen molar-refractivity contribution < 1.29 is 0 Å². The van der Waals surface area contributed by atoms with E-state index in [4.69, 9.17) is 5.26 Å². The molecule has 0 aliphatic heterocycles. The van der Waals surface area contributed by atoms with Crippen molar-refractivity contribution in [1.29, 1.82) is 5.26 Å². The molecule has 0 spiro atoms. The number of rotatable bonds is 0. The summed E-state index contributed by atoms with van der Waals surface area (Å²) in [5.41, 5.74) is 1.23. The van der Waals surface area contributed by atoms with Crippen molar-refractivity contribution in [2.45, 2.75) is 12.8 Å². The monoisotopic (exact) mass is 93.1 g/mol. The van der Waals surface area contributed by atoms with Crippen LogP contribution >= 0.6 is 0 Å². The summed E-state index contributed by atoms with van der Waals surface area (Å²) in [6.45, 7) is 3.71. The molecule has 0 atom stereocenters. The van der Waals surface area contributed by atoms with Crippen LogP contribution in [0.4, 0.5) is 0 Å². The molecule has 0 heterocycles. The molecule has 0 bridgehead atoms. The maximum atomic E-state index is 8.21. The van der Waals surface area contributed by atoms with Gasteiger partial charge in [-0.3, -0.25) is 0 Å². The van der Waals surface area contributed by atoms with E-state index in [0.717, 1.165) is 12.8 Å². The number of hydrogen-bond donors (Lipinski definition) is 0. The van der Waals surface area contributed by atoms with Crippen LogP contribution in [0.5, 0.6) is 0 Å². The fraction of sp³-hybridized carbons (Fsp3) is 0.500. The molecule has 0 N–H and O–H groups in total. The topological polar surface area (TPSA) is 23.8 Å². The summed E-state index contributed by atoms with van der Waals surface area (Å²) in [4.78, 5) is 0. The lowest BCUT2D eigenvalue weighted by atomic mass is 9.82. The van der Waals surface area contributed by atoms with E-state index in [-0.39, 0.29) is 0 Å². The molecule has 1 rings (SSSR count). The van der Waals surface area contributed by atoms with Crippen molar-refractivity contribution in [3.8, 4) is 6.07 Å². The Labute approximate surface area is 43.3 Å². The van der Waals surface area contributed by atoms with E-state index < -0.39 is 0 Å². The van der Waals surface area contributed by atoms with Gasteiger partial charge >= 0.3 is 0 Å². The van der Waals surface area contributed by atoms with Crippen LogP contribution in [-0.2, 0) is 0 Å². The molecule has 1 aliphatic carbocycles. The molecule has 0 unspecified atom stereocenters. The van der Waals surface area contributed by atoms with E-state index in [2.05, 4.69) is 12.6 Å². The number of nitrogens with zero attached hydrogens (tertiary/aromatic N) is 1. The average molecular weight is 93.1 g/mol. The van der Waals surface area contributed by atoms with Crippen molar-refractivity contribution in [2.75, 3.05) is 0 Å². The third-order valence-corrected chi connectivity index (χ3v) is 1.25. The van der Waals surface area contributed by atoms with Crippen LogP contribution in [0.25, 0.3) is 0 Å². The summed E-state index contributed by atoms with van der Waals surface area (Å²) >= 11 is 0. The van der Waals surface area contributed by atoms with Gasteiger partial charge in [0.15, 0.2) is 0 Å². The standard InChI is InChI=1S/C6H7N/c1-5-2-6(3-5)4-7/h6H,1-3H2. The highest BCUT2D eigenvalue weighted by Crippen LogP contribution is 2.29. The van der Waals surface area contributed by atoms with Gasteiger partial charge in [-0.2, -0.15) is 5.26 Å². The van der Waals surface area contributed by atoms with Crippen LogP contribution in [0.15, 0.2) is 12.2 Å². The molecule has 0 aromatic carbocycles. The third kappa shape index (κ3) is 0.640. The van der Waals surface area contributed by atoms with Gasteiger partial charge in [0.05, 0.1) is 12.0 Å². The van der Waals surface area contributed by atoms with Crippen molar-refractivity contribution >= 4 is 0 Å². The van der Waals surface area contributed by atoms with E-state index >= 15 is 0 Å². The maximum Gasteiger partial charge on any atom is 0.0662 e. The van der Waals surface area contributed by atoms with Gasteiger partial charge < -0.3 is 0 Å². The summed E-state index contributed by atoms with van der Waals surface area (Å²) in [7, 11) is 0. The molecule has 0 amide bonds. The summed E-state index contributed by atoms with van der Waals surface area (Å²) in [5, 5.41) is 8.21. The zero-order valence-electron chi connectivity index (χ0n) is 4.15. The lowest BCUT2D eigenvalue weighted by molar-refractivity contribution is 0.529. The van der Waals surface area contributed by atoms with Crippen LogP contribution in [-0.4, -0.2) is 0 Å². The molecule has 1 saturated carbocycles. The molecule has 0 saturated heterocycles. The van der Waals surface area contributed by atoms with Gasteiger partial charge in [-0.1, -0.05) is 12.2 Å². The lowest BCUT2D eigenvalue weighted by Gasteiger charge is -2.20. The van der Waals surface area contributed by atoms with Crippen molar-refractivity contribution in [3.05, 3.63) is 12.2 Å². The van der Waals surface area contributed by atoms with E-state index in [1.807, 2.05) is 0 Å². The first-order chi connectivity index (χ1) is 3.33. The van der Waals surface area contributed by atoms with E-state index in [1.165, 1.54) is 5.57 Å². The molecule has 1 nitrogen and oxygen atoms in total. The normalized spacial score (nSPS) is 20.7. The summed E-state index contributed by atoms with van der Waals surface area (Å²) in [6, 6.07) is 2.17. The first-order valence-electron chi connectivity index (χ1n) is 2.39. The second-order valence-corrected chi connectivity index (χ2v) is 1.98. The highest BCUT2D eigenvalue weighted by Gasteiger charge is 2.19. The third-order valence-electron chi connectivity index (χ3n) is 1.25. The number of nitriles is 1. The van der Waals surface area contributed by atoms with E-state index in [0.29, 0.717) is 5.92 Å². The van der Waals surface area contributed by atoms with Gasteiger partial charge in [0.25, 0.3) is 0 Å². The van der Waals surface area contributed by atoms with E-state index in [1.54, 1.807) is 0 Å². The molecule has 1 aliphatic rings. The quantitative estimate of drug-likeness (QED) is 0.416. The molecule has 1 heteroatoms. The Morgan fingerprint density at radius 2 is 2.29 bits per heavy atom. The Hall–Kier alpha value is -0.770. The molecule has 36 valence electrons. The number of hydrogen-bond acceptors (Lipinski definition) is 1. The van der Waals surface area contributed by atoms with Gasteiger partial charge in [0, 0.05) is 0 Å². The van der Waals surface area contributed by atoms with Crippen LogP contribution in [0, 0.1) is 17.2 Å². The zero-order chi connectivity index (χ0) is 5.28. The van der Waals surface area contributed by atoms with Gasteiger partial charge in [0.1, 0.15) is 0 Å². The Morgan fingerprint density at radius 3 is 2.43 bits per heavy atom. The summed E-state index contributed by atoms with van der Waals surface area (Å²) in [6.07, 6.45) is 1.88. The molecule has 7 heavy (non-hydrogen) atoms. The van der Waals surface area contributed by atoms with Gasteiger partial charge in [-0.05, 0) is 12.8 Å². The van der Waals surface area contributed by atoms with Crippen molar-refractivity contribution in [3.63, 3.8) is 0 Å². The predicted octanol–water partition coefficient (Wildman–Crippen LogP) is 1.48. The highest BCUT2D eigenvalue weighted by atomic mass is 14.3. The summed E-state index contributed by atoms with van der Waals surface area (Å²) < 4.78 is 0. The Kier molecular flexibility index (Phi) is 0.867. The van der Waals surface area contributed by atoms with Gasteiger partial charge in [-0.25, -0.2) is 0 Å². The first-order valence-corrected chi connectivity index (χ1v) is 2.39. The maximum absolute atomic E-state index is 8.21. The second kappa shape index (κ2) is 1.38. The second-order valence-electron chi connectivity index (χ2n) is 1.98. The molecule has 1 fully saturated rings. The molecular formula is C6H7N. The molecule has 0 aromatic heterocycles. The minimum atomic E-state index is 0.299. The predicted molar refractivity (Wildman–Crippen MR) is 27.5 cm³/mol. The Bertz CT molecular complexity index is 122. The fourth-order valence-electron chi connectivity index (χ4n) is 0.728. The van der Waals surface area contributed by atoms with Gasteiger partial charge in [-0.15, -0.1) is 0 Å². The molecule has 0 radical (unpaired) electrons. The molecular weight excluding hydrogens is 86.1 g/mol. The van der Waals surface area contributed by atoms with Crippen molar-refractivity contribution in [2.24, 2.45) is 5.92 Å². The van der Waals surface area contributed by atoms with E-state index in [9.17, 15) is 0 Å². The Morgan fingerprint density at radius 1 is 1.71 bits per heavy atom. The van der Waals surface area contributed by atoms with Crippen LogP contribution in [0.1, 0.15) is 12.8 Å². The minimum Gasteiger partial charge on any atom is -0.198 e. The molecule has 0 aromatic rings.